The molecule has 0 spiro atoms. The first-order chi connectivity index (χ1) is 7.87. The van der Waals surface area contributed by atoms with Gasteiger partial charge in [0, 0.05) is 0 Å². The van der Waals surface area contributed by atoms with Crippen LogP contribution in [0.15, 0.2) is 18.2 Å². The van der Waals surface area contributed by atoms with Crippen LogP contribution in [-0.4, -0.2) is 27.7 Å². The molecule has 0 aliphatic heterocycles. The number of ether oxygens (including phenoxy) is 1. The molecule has 0 heterocycles. The lowest BCUT2D eigenvalue weighted by Gasteiger charge is -2.20. The average molecular weight is 252 g/mol. The van der Waals surface area contributed by atoms with Crippen molar-refractivity contribution in [3.8, 4) is 5.75 Å². The summed E-state index contributed by atoms with van der Waals surface area (Å²) in [6.07, 6.45) is 0.682. The molecule has 1 aromatic rings. The topological polar surface area (TPSA) is 52.6 Å². The molecule has 0 saturated heterocycles. The molecule has 0 aliphatic carbocycles. The number of hydrogen-bond donors (Lipinski definition) is 0. The number of methoxy groups -OCH3 is 1. The molecule has 0 bridgehead atoms. The summed E-state index contributed by atoms with van der Waals surface area (Å²) >= 11 is 0. The molecule has 0 N–H and O–H groups in total. The van der Waals surface area contributed by atoms with E-state index in [-0.39, 0.29) is 0 Å². The van der Waals surface area contributed by atoms with Gasteiger partial charge in [-0.05, 0) is 37.8 Å². The third kappa shape index (κ3) is 3.71. The van der Waals surface area contributed by atoms with E-state index in [1.54, 1.807) is 12.1 Å². The van der Waals surface area contributed by atoms with Crippen LogP contribution in [0.4, 0.5) is 0 Å². The molecule has 4 nitrogen and oxygen atoms in total. The fourth-order valence-electron chi connectivity index (χ4n) is 1.31. The van der Waals surface area contributed by atoms with E-state index >= 15 is 0 Å². The van der Waals surface area contributed by atoms with Crippen molar-refractivity contribution >= 4 is 20.6 Å². The van der Waals surface area contributed by atoms with Crippen LogP contribution in [0.5, 0.6) is 5.75 Å². The molecule has 0 fully saturated rings. The van der Waals surface area contributed by atoms with Crippen LogP contribution in [0.25, 0.3) is 0 Å². The maximum atomic E-state index is 11.3. The van der Waals surface area contributed by atoms with Gasteiger partial charge < -0.3 is 9.16 Å². The Kier molecular flexibility index (Phi) is 4.06. The normalized spacial score (nSPS) is 10.8. The van der Waals surface area contributed by atoms with Gasteiger partial charge in [0.05, 0.1) is 18.2 Å². The Labute approximate surface area is 102 Å². The molecule has 0 saturated carbocycles. The summed E-state index contributed by atoms with van der Waals surface area (Å²) < 4.78 is 10.3. The standard InChI is InChI=1S/C12H16O4Si/c1-15-12(14)9-5-6-11(10(7-9)8-13)16-17(2,3)4/h5-8H,1-4H3. The number of aldehydes is 1. The van der Waals surface area contributed by atoms with Gasteiger partial charge in [0.1, 0.15) is 5.75 Å². The second-order valence-corrected chi connectivity index (χ2v) is 9.01. The lowest BCUT2D eigenvalue weighted by Crippen LogP contribution is -2.29. The number of esters is 1. The number of carbonyl (C=O) groups excluding carboxylic acids is 2. The minimum Gasteiger partial charge on any atom is -0.544 e. The van der Waals surface area contributed by atoms with Gasteiger partial charge in [-0.25, -0.2) is 4.79 Å². The molecule has 0 aromatic heterocycles. The van der Waals surface area contributed by atoms with E-state index in [1.807, 2.05) is 19.6 Å². The minimum atomic E-state index is -1.77. The molecule has 0 aliphatic rings. The third-order valence-corrected chi connectivity index (χ3v) is 2.81. The monoisotopic (exact) mass is 252 g/mol. The summed E-state index contributed by atoms with van der Waals surface area (Å²) in [6, 6.07) is 4.71. The van der Waals surface area contributed by atoms with Crippen LogP contribution in [0.1, 0.15) is 20.7 Å². The Hall–Kier alpha value is -1.62. The minimum absolute atomic E-state index is 0.345. The summed E-state index contributed by atoms with van der Waals surface area (Å²) in [5, 5.41) is 0. The Balaban J connectivity index is 3.10. The molecule has 5 heteroatoms. The van der Waals surface area contributed by atoms with E-state index in [1.165, 1.54) is 13.2 Å². The average Bonchev–Trinajstić information content (AvgIpc) is 2.26. The van der Waals surface area contributed by atoms with Crippen molar-refractivity contribution in [2.45, 2.75) is 19.6 Å². The van der Waals surface area contributed by atoms with Crippen LogP contribution >= 0.6 is 0 Å². The highest BCUT2D eigenvalue weighted by molar-refractivity contribution is 6.70. The van der Waals surface area contributed by atoms with Crippen molar-refractivity contribution in [1.82, 2.24) is 0 Å². The van der Waals surface area contributed by atoms with Gasteiger partial charge in [-0.15, -0.1) is 0 Å². The van der Waals surface area contributed by atoms with E-state index in [4.69, 9.17) is 4.43 Å². The van der Waals surface area contributed by atoms with Crippen LogP contribution in [-0.2, 0) is 4.74 Å². The van der Waals surface area contributed by atoms with Gasteiger partial charge in [0.2, 0.25) is 8.32 Å². The first kappa shape index (κ1) is 13.4. The number of carbonyl (C=O) groups is 2. The highest BCUT2D eigenvalue weighted by Crippen LogP contribution is 2.22. The summed E-state index contributed by atoms with van der Waals surface area (Å²) in [4.78, 5) is 22.3. The van der Waals surface area contributed by atoms with Crippen molar-refractivity contribution < 1.29 is 18.8 Å². The Morgan fingerprint density at radius 1 is 1.29 bits per heavy atom. The first-order valence-corrected chi connectivity index (χ1v) is 8.65. The van der Waals surface area contributed by atoms with Crippen molar-refractivity contribution in [1.29, 1.82) is 0 Å². The van der Waals surface area contributed by atoms with E-state index < -0.39 is 14.3 Å². The SMILES string of the molecule is COC(=O)c1ccc(O[Si](C)(C)C)c(C=O)c1. The molecule has 0 atom stereocenters. The molecule has 0 unspecified atom stereocenters. The zero-order valence-corrected chi connectivity index (χ0v) is 11.4. The molecular formula is C12H16O4Si. The van der Waals surface area contributed by atoms with Crippen LogP contribution in [0, 0.1) is 0 Å². The zero-order chi connectivity index (χ0) is 13.1. The zero-order valence-electron chi connectivity index (χ0n) is 10.4. The molecule has 1 rings (SSSR count). The smallest absolute Gasteiger partial charge is 0.337 e. The highest BCUT2D eigenvalue weighted by Gasteiger charge is 2.19. The molecule has 1 aromatic carbocycles. The summed E-state index contributed by atoms with van der Waals surface area (Å²) in [7, 11) is -0.473. The molecule has 92 valence electrons. The van der Waals surface area contributed by atoms with Crippen molar-refractivity contribution in [2.75, 3.05) is 7.11 Å². The van der Waals surface area contributed by atoms with Gasteiger partial charge in [-0.1, -0.05) is 0 Å². The predicted octanol–water partition coefficient (Wildman–Crippen LogP) is 2.50. The van der Waals surface area contributed by atoms with Gasteiger partial charge in [0.15, 0.2) is 6.29 Å². The lowest BCUT2D eigenvalue weighted by atomic mass is 10.1. The van der Waals surface area contributed by atoms with Gasteiger partial charge in [0.25, 0.3) is 0 Å². The van der Waals surface area contributed by atoms with Crippen LogP contribution < -0.4 is 4.43 Å². The molecule has 17 heavy (non-hydrogen) atoms. The summed E-state index contributed by atoms with van der Waals surface area (Å²) in [5.74, 6) is 0.0551. The number of rotatable bonds is 4. The summed E-state index contributed by atoms with van der Waals surface area (Å²) in [6.45, 7) is 6.07. The quantitative estimate of drug-likeness (QED) is 0.469. The van der Waals surface area contributed by atoms with Crippen molar-refractivity contribution in [2.24, 2.45) is 0 Å². The largest absolute Gasteiger partial charge is 0.544 e. The van der Waals surface area contributed by atoms with Gasteiger partial charge in [-0.3, -0.25) is 4.79 Å². The Morgan fingerprint density at radius 2 is 1.94 bits per heavy atom. The van der Waals surface area contributed by atoms with Crippen molar-refractivity contribution in [3.05, 3.63) is 29.3 Å². The van der Waals surface area contributed by atoms with E-state index in [0.717, 1.165) is 0 Å². The fraction of sp³-hybridized carbons (Fsp3) is 0.333. The van der Waals surface area contributed by atoms with Gasteiger partial charge >= 0.3 is 5.97 Å². The maximum absolute atomic E-state index is 11.3. The Bertz CT molecular complexity index is 435. The second kappa shape index (κ2) is 5.14. The van der Waals surface area contributed by atoms with E-state index in [9.17, 15) is 9.59 Å². The van der Waals surface area contributed by atoms with E-state index in [2.05, 4.69) is 4.74 Å². The van der Waals surface area contributed by atoms with Crippen molar-refractivity contribution in [3.63, 3.8) is 0 Å². The van der Waals surface area contributed by atoms with E-state index in [0.29, 0.717) is 23.2 Å². The molecular weight excluding hydrogens is 236 g/mol. The van der Waals surface area contributed by atoms with Crippen LogP contribution in [0.2, 0.25) is 19.6 Å². The maximum Gasteiger partial charge on any atom is 0.337 e. The molecule has 0 radical (unpaired) electrons. The first-order valence-electron chi connectivity index (χ1n) is 5.24. The second-order valence-electron chi connectivity index (χ2n) is 4.58. The number of benzene rings is 1. The Morgan fingerprint density at radius 3 is 2.41 bits per heavy atom. The predicted molar refractivity (Wildman–Crippen MR) is 67.1 cm³/mol. The van der Waals surface area contributed by atoms with Crippen LogP contribution in [0.3, 0.4) is 0 Å². The summed E-state index contributed by atoms with van der Waals surface area (Å²) in [5.41, 5.74) is 0.716. The highest BCUT2D eigenvalue weighted by atomic mass is 28.4. The molecule has 0 amide bonds. The number of hydrogen-bond acceptors (Lipinski definition) is 4. The lowest BCUT2D eigenvalue weighted by molar-refractivity contribution is 0.0600. The van der Waals surface area contributed by atoms with Gasteiger partial charge in [-0.2, -0.15) is 0 Å². The fourth-order valence-corrected chi connectivity index (χ4v) is 2.15. The third-order valence-electron chi connectivity index (χ3n) is 1.97.